The van der Waals surface area contributed by atoms with Crippen molar-refractivity contribution >= 4 is 9.76 Å². The summed E-state index contributed by atoms with van der Waals surface area (Å²) in [7, 11) is -0.282. The molecule has 0 aliphatic rings. The molecule has 0 N–H and O–H groups in total. The van der Waals surface area contributed by atoms with Crippen LogP contribution in [0.4, 0.5) is 0 Å². The topological polar surface area (TPSA) is 21.7 Å². The molecule has 0 aromatic heterocycles. The standard InChI is InChI=1S/C8H21NO2Si/c1-4-9(5-2)6-7-10-8-11-12-3/h4-8,12H2,1-3H3. The highest BCUT2D eigenvalue weighted by Gasteiger charge is 1.96. The van der Waals surface area contributed by atoms with Crippen LogP contribution in [0.5, 0.6) is 0 Å². The van der Waals surface area contributed by atoms with Gasteiger partial charge >= 0.3 is 0 Å². The Hall–Kier alpha value is 0.0969. The van der Waals surface area contributed by atoms with Crippen molar-refractivity contribution in [2.75, 3.05) is 33.0 Å². The molecule has 4 heteroatoms. The maximum Gasteiger partial charge on any atom is 0.161 e. The third-order valence-corrected chi connectivity index (χ3v) is 2.39. The Kier molecular flexibility index (Phi) is 9.26. The average Bonchev–Trinajstić information content (AvgIpc) is 2.11. The Morgan fingerprint density at radius 2 is 1.92 bits per heavy atom. The smallest absolute Gasteiger partial charge is 0.161 e. The lowest BCUT2D eigenvalue weighted by molar-refractivity contribution is 0.00825. The van der Waals surface area contributed by atoms with Crippen molar-refractivity contribution < 1.29 is 9.16 Å². The van der Waals surface area contributed by atoms with Gasteiger partial charge in [0.25, 0.3) is 0 Å². The zero-order valence-electron chi connectivity index (χ0n) is 8.51. The third-order valence-electron chi connectivity index (χ3n) is 1.82. The Morgan fingerprint density at radius 3 is 2.42 bits per heavy atom. The van der Waals surface area contributed by atoms with Crippen molar-refractivity contribution in [2.24, 2.45) is 0 Å². The third kappa shape index (κ3) is 6.79. The number of likely N-dealkylation sites (N-methyl/N-ethyl adjacent to an activating group) is 1. The normalized spacial score (nSPS) is 12.0. The van der Waals surface area contributed by atoms with E-state index in [0.717, 1.165) is 26.2 Å². The highest BCUT2D eigenvalue weighted by molar-refractivity contribution is 6.24. The fourth-order valence-corrected chi connectivity index (χ4v) is 1.22. The molecule has 0 unspecified atom stereocenters. The summed E-state index contributed by atoms with van der Waals surface area (Å²) in [5, 5.41) is 0. The summed E-state index contributed by atoms with van der Waals surface area (Å²) in [6, 6.07) is 0. The molecule has 0 aliphatic heterocycles. The van der Waals surface area contributed by atoms with E-state index in [0.29, 0.717) is 6.79 Å². The molecule has 0 aliphatic carbocycles. The zero-order chi connectivity index (χ0) is 9.23. The maximum absolute atomic E-state index is 5.28. The molecule has 0 aromatic rings. The summed E-state index contributed by atoms with van der Waals surface area (Å²) in [4.78, 5) is 2.34. The molecule has 0 bridgehead atoms. The first kappa shape index (κ1) is 12.1. The van der Waals surface area contributed by atoms with Gasteiger partial charge < -0.3 is 14.1 Å². The van der Waals surface area contributed by atoms with Crippen molar-refractivity contribution in [1.82, 2.24) is 4.90 Å². The molecule has 0 saturated carbocycles. The lowest BCUT2D eigenvalue weighted by atomic mass is 10.5. The van der Waals surface area contributed by atoms with E-state index in [2.05, 4.69) is 25.3 Å². The van der Waals surface area contributed by atoms with Gasteiger partial charge in [0.1, 0.15) is 6.79 Å². The fraction of sp³-hybridized carbons (Fsp3) is 1.00. The minimum atomic E-state index is -0.282. The Labute approximate surface area is 78.0 Å². The summed E-state index contributed by atoms with van der Waals surface area (Å²) >= 11 is 0. The van der Waals surface area contributed by atoms with Crippen LogP contribution in [0.25, 0.3) is 0 Å². The Morgan fingerprint density at radius 1 is 1.25 bits per heavy atom. The first-order valence-electron chi connectivity index (χ1n) is 4.72. The molecule has 0 radical (unpaired) electrons. The minimum Gasteiger partial charge on any atom is -0.402 e. The van der Waals surface area contributed by atoms with Gasteiger partial charge in [-0.2, -0.15) is 0 Å². The zero-order valence-corrected chi connectivity index (χ0v) is 9.92. The highest BCUT2D eigenvalue weighted by atomic mass is 28.2. The predicted octanol–water partition coefficient (Wildman–Crippen LogP) is 0.451. The molecule has 0 spiro atoms. The summed E-state index contributed by atoms with van der Waals surface area (Å²) in [5.41, 5.74) is 0. The van der Waals surface area contributed by atoms with Gasteiger partial charge in [0.05, 0.1) is 6.61 Å². The first-order chi connectivity index (χ1) is 5.85. The highest BCUT2D eigenvalue weighted by Crippen LogP contribution is 1.86. The second-order valence-corrected chi connectivity index (χ2v) is 3.53. The van der Waals surface area contributed by atoms with Gasteiger partial charge in [0.2, 0.25) is 0 Å². The summed E-state index contributed by atoms with van der Waals surface area (Å²) in [5.74, 6) is 0. The maximum atomic E-state index is 5.28. The van der Waals surface area contributed by atoms with Crippen LogP contribution in [0, 0.1) is 0 Å². The van der Waals surface area contributed by atoms with E-state index in [1.54, 1.807) is 0 Å². The summed E-state index contributed by atoms with van der Waals surface area (Å²) < 4.78 is 10.5. The van der Waals surface area contributed by atoms with Crippen LogP contribution >= 0.6 is 0 Å². The van der Waals surface area contributed by atoms with E-state index < -0.39 is 0 Å². The van der Waals surface area contributed by atoms with E-state index in [-0.39, 0.29) is 9.76 Å². The van der Waals surface area contributed by atoms with Gasteiger partial charge in [-0.15, -0.1) is 0 Å². The fourth-order valence-electron chi connectivity index (χ4n) is 0.935. The van der Waals surface area contributed by atoms with Crippen LogP contribution in [0.3, 0.4) is 0 Å². The molecule has 3 nitrogen and oxygen atoms in total. The first-order valence-corrected chi connectivity index (χ1v) is 6.72. The minimum absolute atomic E-state index is 0.282. The molecule has 0 saturated heterocycles. The predicted molar refractivity (Wildman–Crippen MR) is 54.1 cm³/mol. The number of ether oxygens (including phenoxy) is 1. The Balaban J connectivity index is 3.06. The lowest BCUT2D eigenvalue weighted by Crippen LogP contribution is -2.27. The number of hydrogen-bond donors (Lipinski definition) is 0. The molecule has 0 aromatic carbocycles. The van der Waals surface area contributed by atoms with Crippen LogP contribution in [-0.4, -0.2) is 47.7 Å². The summed E-state index contributed by atoms with van der Waals surface area (Å²) in [6.45, 7) is 10.9. The SMILES string of the molecule is CCN(CC)CCOCO[SiH2]C. The van der Waals surface area contributed by atoms with E-state index >= 15 is 0 Å². The van der Waals surface area contributed by atoms with Gasteiger partial charge in [0.15, 0.2) is 9.76 Å². The monoisotopic (exact) mass is 191 g/mol. The largest absolute Gasteiger partial charge is 0.402 e. The lowest BCUT2D eigenvalue weighted by Gasteiger charge is -2.17. The number of rotatable bonds is 8. The van der Waals surface area contributed by atoms with Gasteiger partial charge in [-0.1, -0.05) is 20.4 Å². The molecule has 12 heavy (non-hydrogen) atoms. The van der Waals surface area contributed by atoms with Crippen molar-refractivity contribution in [3.05, 3.63) is 0 Å². The van der Waals surface area contributed by atoms with Crippen LogP contribution in [0.1, 0.15) is 13.8 Å². The van der Waals surface area contributed by atoms with Crippen molar-refractivity contribution in [1.29, 1.82) is 0 Å². The number of nitrogens with zero attached hydrogens (tertiary/aromatic N) is 1. The van der Waals surface area contributed by atoms with E-state index in [1.165, 1.54) is 0 Å². The van der Waals surface area contributed by atoms with Crippen molar-refractivity contribution in [3.63, 3.8) is 0 Å². The number of hydrogen-bond acceptors (Lipinski definition) is 3. The second-order valence-electron chi connectivity index (χ2n) is 2.55. The van der Waals surface area contributed by atoms with Crippen LogP contribution in [-0.2, 0) is 9.16 Å². The van der Waals surface area contributed by atoms with Gasteiger partial charge in [-0.05, 0) is 13.1 Å². The van der Waals surface area contributed by atoms with Crippen LogP contribution in [0.15, 0.2) is 0 Å². The molecular weight excluding hydrogens is 170 g/mol. The molecule has 0 rings (SSSR count). The van der Waals surface area contributed by atoms with Gasteiger partial charge in [-0.3, -0.25) is 0 Å². The molecule has 0 amide bonds. The summed E-state index contributed by atoms with van der Waals surface area (Å²) in [6.07, 6.45) is 0. The van der Waals surface area contributed by atoms with Crippen LogP contribution in [0.2, 0.25) is 6.55 Å². The second kappa shape index (κ2) is 9.19. The van der Waals surface area contributed by atoms with Crippen molar-refractivity contribution in [3.8, 4) is 0 Å². The average molecular weight is 191 g/mol. The molecular formula is C8H21NO2Si. The van der Waals surface area contributed by atoms with Crippen molar-refractivity contribution in [2.45, 2.75) is 20.4 Å². The van der Waals surface area contributed by atoms with Gasteiger partial charge in [0, 0.05) is 6.54 Å². The van der Waals surface area contributed by atoms with E-state index in [9.17, 15) is 0 Å². The van der Waals surface area contributed by atoms with E-state index in [4.69, 9.17) is 9.16 Å². The molecule has 0 fully saturated rings. The molecule has 74 valence electrons. The molecule has 0 heterocycles. The Bertz CT molecular complexity index is 89.1. The van der Waals surface area contributed by atoms with Crippen LogP contribution < -0.4 is 0 Å². The van der Waals surface area contributed by atoms with Gasteiger partial charge in [-0.25, -0.2) is 0 Å². The quantitative estimate of drug-likeness (QED) is 0.316. The van der Waals surface area contributed by atoms with E-state index in [1.807, 2.05) is 0 Å². The molecule has 0 atom stereocenters.